The number of carbonyl (C=O) groups excluding carboxylic acids is 1. The molecule has 2 N–H and O–H groups in total. The summed E-state index contributed by atoms with van der Waals surface area (Å²) in [6.07, 6.45) is 8.76. The Bertz CT molecular complexity index is 769. The lowest BCUT2D eigenvalue weighted by Gasteiger charge is -2.32. The molecule has 0 spiro atoms. The van der Waals surface area contributed by atoms with E-state index in [9.17, 15) is 4.79 Å². The number of aryl methyl sites for hydroxylation is 3. The molecule has 2 aromatic rings. The second kappa shape index (κ2) is 6.96. The Balaban J connectivity index is 1.46. The van der Waals surface area contributed by atoms with Crippen LogP contribution < -0.4 is 10.6 Å². The molecule has 3 heterocycles. The van der Waals surface area contributed by atoms with E-state index in [2.05, 4.69) is 34.8 Å². The molecule has 2 aliphatic rings. The zero-order valence-corrected chi connectivity index (χ0v) is 14.7. The summed E-state index contributed by atoms with van der Waals surface area (Å²) in [5, 5.41) is 11.1. The van der Waals surface area contributed by atoms with E-state index < -0.39 is 0 Å². The molecule has 1 aliphatic carbocycles. The van der Waals surface area contributed by atoms with Crippen molar-refractivity contribution in [1.29, 1.82) is 0 Å². The second-order valence-corrected chi connectivity index (χ2v) is 6.96. The minimum absolute atomic E-state index is 0.0315. The molecule has 2 aromatic heterocycles. The van der Waals surface area contributed by atoms with Gasteiger partial charge in [0.25, 0.3) is 0 Å². The van der Waals surface area contributed by atoms with Crippen LogP contribution in [-0.2, 0) is 30.7 Å². The fourth-order valence-electron chi connectivity index (χ4n) is 3.85. The minimum atomic E-state index is -0.0315. The van der Waals surface area contributed by atoms with Crippen molar-refractivity contribution in [3.8, 4) is 0 Å². The van der Waals surface area contributed by atoms with Crippen LogP contribution in [0.2, 0.25) is 0 Å². The van der Waals surface area contributed by atoms with Gasteiger partial charge < -0.3 is 10.6 Å². The summed E-state index contributed by atoms with van der Waals surface area (Å²) in [7, 11) is 0. The maximum Gasteiger partial charge on any atom is 0.220 e. The van der Waals surface area contributed by atoms with Gasteiger partial charge in [0.05, 0.1) is 17.9 Å². The average Bonchev–Trinajstić information content (AvgIpc) is 3.29. The smallest absolute Gasteiger partial charge is 0.220 e. The highest BCUT2D eigenvalue weighted by Crippen LogP contribution is 2.25. The number of rotatable bonds is 5. The van der Waals surface area contributed by atoms with Crippen LogP contribution in [0.25, 0.3) is 0 Å². The zero-order chi connectivity index (χ0) is 17.2. The van der Waals surface area contributed by atoms with Crippen molar-refractivity contribution in [2.24, 2.45) is 0 Å². The molecule has 1 aliphatic heterocycles. The van der Waals surface area contributed by atoms with Gasteiger partial charge in [-0.05, 0) is 44.2 Å². The van der Waals surface area contributed by atoms with E-state index in [4.69, 9.17) is 4.98 Å². The number of hydrogen-bond acceptors (Lipinski definition) is 4. The fourth-order valence-corrected chi connectivity index (χ4v) is 3.85. The second-order valence-electron chi connectivity index (χ2n) is 6.96. The number of hydrogen-bond donors (Lipinski definition) is 2. The molecule has 1 amide bonds. The summed E-state index contributed by atoms with van der Waals surface area (Å²) in [6, 6.07) is 4.51. The summed E-state index contributed by atoms with van der Waals surface area (Å²) < 4.78 is 1.90. The summed E-state index contributed by atoms with van der Waals surface area (Å²) in [6.45, 7) is 3.62. The first-order chi connectivity index (χ1) is 12.2. The molecule has 1 saturated heterocycles. The van der Waals surface area contributed by atoms with Crippen LogP contribution in [0.3, 0.4) is 0 Å². The van der Waals surface area contributed by atoms with Crippen molar-refractivity contribution in [3.63, 3.8) is 0 Å². The molecule has 25 heavy (non-hydrogen) atoms. The molecule has 132 valence electrons. The third kappa shape index (κ3) is 3.44. The van der Waals surface area contributed by atoms with Gasteiger partial charge in [0, 0.05) is 43.0 Å². The number of nitrogens with zero attached hydrogens (tertiary/aromatic N) is 3. The normalized spacial score (nSPS) is 22.7. The van der Waals surface area contributed by atoms with Gasteiger partial charge in [0.15, 0.2) is 0 Å². The van der Waals surface area contributed by atoms with Crippen LogP contribution in [0.15, 0.2) is 24.5 Å². The highest BCUT2D eigenvalue weighted by Gasteiger charge is 2.30. The predicted molar refractivity (Wildman–Crippen MR) is 94.9 cm³/mol. The van der Waals surface area contributed by atoms with Crippen LogP contribution in [0.1, 0.15) is 54.7 Å². The molecule has 0 radical (unpaired) electrons. The quantitative estimate of drug-likeness (QED) is 0.873. The van der Waals surface area contributed by atoms with Crippen molar-refractivity contribution < 1.29 is 4.79 Å². The van der Waals surface area contributed by atoms with Gasteiger partial charge >= 0.3 is 0 Å². The molecule has 6 nitrogen and oxygen atoms in total. The SMILES string of the molecule is CCn1cc([C@@H]2NC(=O)CC[C@H]2NCc2ccc3c(n2)CCC3)cn1. The van der Waals surface area contributed by atoms with Crippen LogP contribution in [0, 0.1) is 0 Å². The van der Waals surface area contributed by atoms with Crippen molar-refractivity contribution >= 4 is 5.91 Å². The Labute approximate surface area is 148 Å². The van der Waals surface area contributed by atoms with Gasteiger partial charge in [-0.15, -0.1) is 0 Å². The molecule has 0 aromatic carbocycles. The molecule has 1 fully saturated rings. The fraction of sp³-hybridized carbons (Fsp3) is 0.526. The summed E-state index contributed by atoms with van der Waals surface area (Å²) in [5.74, 6) is 0.114. The number of aromatic nitrogens is 3. The van der Waals surface area contributed by atoms with Gasteiger partial charge in [-0.1, -0.05) is 6.07 Å². The van der Waals surface area contributed by atoms with E-state index in [-0.39, 0.29) is 18.0 Å². The maximum atomic E-state index is 11.9. The first-order valence-corrected chi connectivity index (χ1v) is 9.25. The lowest BCUT2D eigenvalue weighted by Crippen LogP contribution is -2.48. The molecule has 0 bridgehead atoms. The number of amides is 1. The Hall–Kier alpha value is -2.21. The molecular formula is C19H25N5O. The lowest BCUT2D eigenvalue weighted by molar-refractivity contribution is -0.123. The highest BCUT2D eigenvalue weighted by atomic mass is 16.1. The first-order valence-electron chi connectivity index (χ1n) is 9.25. The molecule has 4 rings (SSSR count). The Morgan fingerprint density at radius 3 is 3.08 bits per heavy atom. The Kier molecular flexibility index (Phi) is 4.53. The predicted octanol–water partition coefficient (Wildman–Crippen LogP) is 1.90. The molecule has 6 heteroatoms. The highest BCUT2D eigenvalue weighted by molar-refractivity contribution is 5.77. The van der Waals surface area contributed by atoms with Crippen molar-refractivity contribution in [2.45, 2.75) is 64.2 Å². The van der Waals surface area contributed by atoms with E-state index in [1.807, 2.05) is 17.1 Å². The Morgan fingerprint density at radius 2 is 2.24 bits per heavy atom. The number of piperidine rings is 1. The van der Waals surface area contributed by atoms with Gasteiger partial charge in [-0.3, -0.25) is 14.5 Å². The summed E-state index contributed by atoms with van der Waals surface area (Å²) >= 11 is 0. The topological polar surface area (TPSA) is 71.8 Å². The van der Waals surface area contributed by atoms with Crippen molar-refractivity contribution in [1.82, 2.24) is 25.4 Å². The maximum absolute atomic E-state index is 11.9. The van der Waals surface area contributed by atoms with E-state index in [1.54, 1.807) is 0 Å². The van der Waals surface area contributed by atoms with Gasteiger partial charge in [0.2, 0.25) is 5.91 Å². The van der Waals surface area contributed by atoms with Crippen LogP contribution in [0.4, 0.5) is 0 Å². The van der Waals surface area contributed by atoms with E-state index in [0.717, 1.165) is 43.6 Å². The van der Waals surface area contributed by atoms with Gasteiger partial charge in [-0.2, -0.15) is 5.10 Å². The number of fused-ring (bicyclic) bond motifs is 1. The molecule has 2 atom stereocenters. The van der Waals surface area contributed by atoms with Gasteiger partial charge in [0.1, 0.15) is 0 Å². The van der Waals surface area contributed by atoms with Crippen LogP contribution in [0.5, 0.6) is 0 Å². The number of carbonyl (C=O) groups is 1. The van der Waals surface area contributed by atoms with E-state index in [0.29, 0.717) is 6.42 Å². The first kappa shape index (κ1) is 16.3. The third-order valence-electron chi connectivity index (χ3n) is 5.27. The standard InChI is InChI=1S/C19H25N5O/c1-2-24-12-14(10-21-24)19-17(8-9-18(25)23-19)20-11-15-7-6-13-4-3-5-16(13)22-15/h6-7,10,12,17,19-20H,2-5,8-9,11H2,1H3,(H,23,25)/t17-,19+/m1/s1. The molecule has 0 saturated carbocycles. The monoisotopic (exact) mass is 339 g/mol. The van der Waals surface area contributed by atoms with Crippen LogP contribution in [-0.4, -0.2) is 26.7 Å². The number of nitrogens with one attached hydrogen (secondary N) is 2. The lowest BCUT2D eigenvalue weighted by atomic mass is 9.93. The molecule has 0 unspecified atom stereocenters. The van der Waals surface area contributed by atoms with E-state index >= 15 is 0 Å². The Morgan fingerprint density at radius 1 is 1.32 bits per heavy atom. The molecular weight excluding hydrogens is 314 g/mol. The summed E-state index contributed by atoms with van der Waals surface area (Å²) in [5.41, 5.74) is 4.81. The summed E-state index contributed by atoms with van der Waals surface area (Å²) in [4.78, 5) is 16.7. The number of pyridine rings is 1. The van der Waals surface area contributed by atoms with E-state index in [1.165, 1.54) is 17.7 Å². The van der Waals surface area contributed by atoms with Crippen LogP contribution >= 0.6 is 0 Å². The van der Waals surface area contributed by atoms with Crippen molar-refractivity contribution in [2.75, 3.05) is 0 Å². The van der Waals surface area contributed by atoms with Crippen molar-refractivity contribution in [3.05, 3.63) is 47.0 Å². The average molecular weight is 339 g/mol. The minimum Gasteiger partial charge on any atom is -0.348 e. The third-order valence-corrected chi connectivity index (χ3v) is 5.27. The largest absolute Gasteiger partial charge is 0.348 e. The van der Waals surface area contributed by atoms with Gasteiger partial charge in [-0.25, -0.2) is 0 Å². The zero-order valence-electron chi connectivity index (χ0n) is 14.7.